The van der Waals surface area contributed by atoms with Crippen molar-refractivity contribution in [3.05, 3.63) is 65.3 Å². The summed E-state index contributed by atoms with van der Waals surface area (Å²) in [5.74, 6) is 1.88. The predicted molar refractivity (Wildman–Crippen MR) is 119 cm³/mol. The predicted octanol–water partition coefficient (Wildman–Crippen LogP) is 5.03. The van der Waals surface area contributed by atoms with Crippen LogP contribution in [-0.4, -0.2) is 36.2 Å². The van der Waals surface area contributed by atoms with Gasteiger partial charge in [0.05, 0.1) is 26.1 Å². The Kier molecular flexibility index (Phi) is 10.7. The second kappa shape index (κ2) is 13.0. The highest BCUT2D eigenvalue weighted by atomic mass is 35.5. The Hall–Kier alpha value is -3.32. The number of anilines is 1. The lowest BCUT2D eigenvalue weighted by Gasteiger charge is -2.11. The number of nitrogens with zero attached hydrogens (tertiary/aromatic N) is 2. The Morgan fingerprint density at radius 1 is 1.03 bits per heavy atom. The van der Waals surface area contributed by atoms with Gasteiger partial charge in [-0.15, -0.1) is 0 Å². The van der Waals surface area contributed by atoms with Gasteiger partial charge in [-0.3, -0.25) is 9.59 Å². The topological polar surface area (TPSA) is 82.5 Å². The van der Waals surface area contributed by atoms with Gasteiger partial charge in [0.25, 0.3) is 0 Å². The monoisotopic (exact) mass is 431 g/mol. The zero-order chi connectivity index (χ0) is 22.5. The number of ether oxygens (including phenoxy) is 2. The van der Waals surface area contributed by atoms with Gasteiger partial charge in [0.2, 0.25) is 6.41 Å². The van der Waals surface area contributed by atoms with Crippen molar-refractivity contribution < 1.29 is 19.1 Å². The van der Waals surface area contributed by atoms with Crippen molar-refractivity contribution in [2.75, 3.05) is 19.5 Å². The van der Waals surface area contributed by atoms with Crippen molar-refractivity contribution >= 4 is 29.6 Å². The number of methoxy groups -OCH3 is 2. The molecule has 1 N–H and O–H groups in total. The fraction of sp³-hybridized carbons (Fsp3) is 0.227. The summed E-state index contributed by atoms with van der Waals surface area (Å²) in [5, 5.41) is 7.36. The Morgan fingerprint density at radius 2 is 1.67 bits per heavy atom. The number of ketones is 1. The Bertz CT molecular complexity index is 940. The van der Waals surface area contributed by atoms with Gasteiger partial charge >= 0.3 is 0 Å². The molecule has 0 atom stereocenters. The van der Waals surface area contributed by atoms with Crippen molar-refractivity contribution in [2.24, 2.45) is 0 Å². The maximum atomic E-state index is 10.7. The molecule has 8 heteroatoms. The fourth-order valence-corrected chi connectivity index (χ4v) is 2.45. The van der Waals surface area contributed by atoms with Crippen molar-refractivity contribution in [3.63, 3.8) is 0 Å². The average Bonchev–Trinajstić information content (AvgIpc) is 3.24. The average molecular weight is 432 g/mol. The second-order valence-corrected chi connectivity index (χ2v) is 5.93. The first-order chi connectivity index (χ1) is 14.5. The Labute approximate surface area is 181 Å². The minimum absolute atomic E-state index is 0.0664. The Balaban J connectivity index is 0.000000318. The lowest BCUT2D eigenvalue weighted by Crippen LogP contribution is -2.04. The number of Topliss-reactive ketones (excluding diaryl/α,β-unsaturated/α-hetero) is 1. The van der Waals surface area contributed by atoms with Crippen LogP contribution in [0.4, 0.5) is 5.82 Å². The third-order valence-electron chi connectivity index (χ3n) is 3.71. The van der Waals surface area contributed by atoms with E-state index in [2.05, 4.69) is 10.4 Å². The van der Waals surface area contributed by atoms with Crippen LogP contribution >= 0.6 is 11.6 Å². The highest BCUT2D eigenvalue weighted by Crippen LogP contribution is 2.29. The van der Waals surface area contributed by atoms with Gasteiger partial charge in [0.1, 0.15) is 5.82 Å². The first-order valence-electron chi connectivity index (χ1n) is 9.23. The molecule has 1 heterocycles. The summed E-state index contributed by atoms with van der Waals surface area (Å²) in [6.07, 6.45) is 2.21. The van der Waals surface area contributed by atoms with E-state index >= 15 is 0 Å². The molecule has 1 aromatic heterocycles. The number of halogens is 1. The molecule has 0 spiro atoms. The molecule has 160 valence electrons. The molecule has 0 aliphatic heterocycles. The van der Waals surface area contributed by atoms with Crippen molar-refractivity contribution in [3.8, 4) is 17.2 Å². The van der Waals surface area contributed by atoms with Crippen molar-refractivity contribution in [2.45, 2.75) is 20.8 Å². The maximum Gasteiger partial charge on any atom is 0.212 e. The van der Waals surface area contributed by atoms with E-state index < -0.39 is 0 Å². The number of nitrogens with one attached hydrogen (secondary N) is 1. The molecule has 3 rings (SSSR count). The van der Waals surface area contributed by atoms with Crippen LogP contribution in [0.2, 0.25) is 5.02 Å². The number of carbonyl (C=O) groups is 2. The number of hydrogen-bond acceptors (Lipinski definition) is 5. The summed E-state index contributed by atoms with van der Waals surface area (Å²) in [4.78, 5) is 21.2. The van der Waals surface area contributed by atoms with Gasteiger partial charge in [0.15, 0.2) is 17.3 Å². The number of rotatable bonds is 6. The highest BCUT2D eigenvalue weighted by Gasteiger charge is 2.09. The van der Waals surface area contributed by atoms with Gasteiger partial charge in [-0.05, 0) is 43.3 Å². The van der Waals surface area contributed by atoms with Gasteiger partial charge < -0.3 is 14.8 Å². The van der Waals surface area contributed by atoms with Crippen LogP contribution in [0.3, 0.4) is 0 Å². The fourth-order valence-electron chi connectivity index (χ4n) is 2.32. The minimum Gasteiger partial charge on any atom is -0.493 e. The third-order valence-corrected chi connectivity index (χ3v) is 3.96. The molecule has 0 saturated carbocycles. The van der Waals surface area contributed by atoms with Crippen molar-refractivity contribution in [1.29, 1.82) is 0 Å². The van der Waals surface area contributed by atoms with E-state index in [4.69, 9.17) is 21.1 Å². The molecule has 2 aromatic carbocycles. The van der Waals surface area contributed by atoms with Crippen LogP contribution in [0.25, 0.3) is 5.69 Å². The van der Waals surface area contributed by atoms with E-state index in [1.165, 1.54) is 6.92 Å². The molecule has 1 amide bonds. The van der Waals surface area contributed by atoms with Crippen LogP contribution in [-0.2, 0) is 4.79 Å². The highest BCUT2D eigenvalue weighted by molar-refractivity contribution is 6.30. The zero-order valence-corrected chi connectivity index (χ0v) is 18.4. The number of hydrogen-bond donors (Lipinski definition) is 1. The molecule has 0 unspecified atom stereocenters. The summed E-state index contributed by atoms with van der Waals surface area (Å²) >= 11 is 5.61. The normalized spacial score (nSPS) is 9.27. The number of benzene rings is 2. The van der Waals surface area contributed by atoms with E-state index in [9.17, 15) is 9.59 Å². The zero-order valence-electron chi connectivity index (χ0n) is 17.7. The molecular formula is C22H26ClN3O4. The van der Waals surface area contributed by atoms with E-state index in [1.54, 1.807) is 67.6 Å². The van der Waals surface area contributed by atoms with Crippen LogP contribution in [0, 0.1) is 0 Å². The van der Waals surface area contributed by atoms with E-state index in [1.807, 2.05) is 19.9 Å². The standard InChI is InChI=1S/C12H13N3O3.C8H7ClO.C2H6/c1-17-10-4-3-9(7-11(10)18-2)15-12(13-8-16)5-6-14-15;1-6(10)7-2-4-8(9)5-3-7;1-2/h3-8H,1-2H3,(H,13,16);2-5H,1H3;1-2H3. The van der Waals surface area contributed by atoms with Gasteiger partial charge in [-0.2, -0.15) is 5.10 Å². The van der Waals surface area contributed by atoms with E-state index in [-0.39, 0.29) is 5.78 Å². The Morgan fingerprint density at radius 3 is 2.20 bits per heavy atom. The molecule has 0 radical (unpaired) electrons. The number of aromatic nitrogens is 2. The lowest BCUT2D eigenvalue weighted by atomic mass is 10.2. The minimum atomic E-state index is 0.0664. The first-order valence-corrected chi connectivity index (χ1v) is 9.61. The summed E-state index contributed by atoms with van der Waals surface area (Å²) in [5.41, 5.74) is 1.46. The first kappa shape index (κ1) is 24.7. The SMILES string of the molecule is CC.CC(=O)c1ccc(Cl)cc1.COc1ccc(-n2nccc2NC=O)cc1OC. The number of carbonyl (C=O) groups excluding carboxylic acids is 2. The summed E-state index contributed by atoms with van der Waals surface area (Å²) in [7, 11) is 3.14. The summed E-state index contributed by atoms with van der Waals surface area (Å²) in [6, 6.07) is 13.9. The quantitative estimate of drug-likeness (QED) is 0.437. The molecule has 0 fully saturated rings. The second-order valence-electron chi connectivity index (χ2n) is 5.49. The lowest BCUT2D eigenvalue weighted by molar-refractivity contribution is -0.105. The molecule has 30 heavy (non-hydrogen) atoms. The van der Waals surface area contributed by atoms with Gasteiger partial charge in [-0.25, -0.2) is 4.68 Å². The van der Waals surface area contributed by atoms with Gasteiger partial charge in [-0.1, -0.05) is 25.4 Å². The third kappa shape index (κ3) is 6.93. The summed E-state index contributed by atoms with van der Waals surface area (Å²) in [6.45, 7) is 5.53. The van der Waals surface area contributed by atoms with E-state index in [0.29, 0.717) is 34.3 Å². The van der Waals surface area contributed by atoms with Crippen LogP contribution in [0.1, 0.15) is 31.1 Å². The largest absolute Gasteiger partial charge is 0.493 e. The molecule has 7 nitrogen and oxygen atoms in total. The molecule has 0 bridgehead atoms. The maximum absolute atomic E-state index is 10.7. The van der Waals surface area contributed by atoms with Crippen LogP contribution in [0.15, 0.2) is 54.7 Å². The van der Waals surface area contributed by atoms with Crippen molar-refractivity contribution in [1.82, 2.24) is 9.78 Å². The smallest absolute Gasteiger partial charge is 0.212 e. The molecule has 0 saturated heterocycles. The van der Waals surface area contributed by atoms with Crippen LogP contribution < -0.4 is 14.8 Å². The molecule has 3 aromatic rings. The molecular weight excluding hydrogens is 406 g/mol. The van der Waals surface area contributed by atoms with E-state index in [0.717, 1.165) is 5.69 Å². The number of amides is 1. The molecule has 0 aliphatic carbocycles. The van der Waals surface area contributed by atoms with Gasteiger partial charge in [0, 0.05) is 22.7 Å². The summed E-state index contributed by atoms with van der Waals surface area (Å²) < 4.78 is 12.0. The molecule has 0 aliphatic rings. The van der Waals surface area contributed by atoms with Crippen LogP contribution in [0.5, 0.6) is 11.5 Å².